The Morgan fingerprint density at radius 2 is 1.85 bits per heavy atom. The van der Waals surface area contributed by atoms with E-state index in [1.54, 1.807) is 4.90 Å². The molecule has 0 radical (unpaired) electrons. The zero-order chi connectivity index (χ0) is 19.6. The van der Waals surface area contributed by atoms with Gasteiger partial charge in [0.25, 0.3) is 0 Å². The number of nitrogens with zero attached hydrogens (tertiary/aromatic N) is 1. The van der Waals surface area contributed by atoms with E-state index in [0.717, 1.165) is 34.5 Å². The maximum atomic E-state index is 12.8. The van der Waals surface area contributed by atoms with Crippen molar-refractivity contribution in [2.75, 3.05) is 16.8 Å². The number of hydrogen-bond donors (Lipinski definition) is 1. The molecule has 0 spiro atoms. The third-order valence-electron chi connectivity index (χ3n) is 5.38. The Balaban J connectivity index is 1.75. The molecular weight excluding hydrogens is 336 g/mol. The second-order valence-electron chi connectivity index (χ2n) is 7.64. The Kier molecular flexibility index (Phi) is 5.64. The first-order chi connectivity index (χ1) is 12.9. The number of carbonyl (C=O) groups is 2. The molecule has 0 aliphatic carbocycles. The van der Waals surface area contributed by atoms with Crippen LogP contribution >= 0.6 is 0 Å². The molecule has 4 nitrogen and oxygen atoms in total. The molecule has 0 aromatic heterocycles. The van der Waals surface area contributed by atoms with Crippen molar-refractivity contribution in [3.63, 3.8) is 0 Å². The molecule has 2 atom stereocenters. The van der Waals surface area contributed by atoms with Gasteiger partial charge in [-0.2, -0.15) is 0 Å². The van der Waals surface area contributed by atoms with Gasteiger partial charge in [0.1, 0.15) is 0 Å². The van der Waals surface area contributed by atoms with E-state index in [1.807, 2.05) is 44.2 Å². The third-order valence-corrected chi connectivity index (χ3v) is 5.38. The Labute approximate surface area is 161 Å². The van der Waals surface area contributed by atoms with Gasteiger partial charge >= 0.3 is 0 Å². The van der Waals surface area contributed by atoms with Crippen molar-refractivity contribution in [2.45, 2.75) is 46.5 Å². The summed E-state index contributed by atoms with van der Waals surface area (Å²) in [4.78, 5) is 27.1. The van der Waals surface area contributed by atoms with Crippen LogP contribution in [0.2, 0.25) is 0 Å². The lowest BCUT2D eigenvalue weighted by Crippen LogP contribution is -2.28. The van der Waals surface area contributed by atoms with Crippen molar-refractivity contribution in [1.82, 2.24) is 0 Å². The molecular formula is C23H28N2O2. The highest BCUT2D eigenvalue weighted by Crippen LogP contribution is 2.30. The van der Waals surface area contributed by atoms with E-state index in [9.17, 15) is 9.59 Å². The van der Waals surface area contributed by atoms with Gasteiger partial charge in [0.05, 0.1) is 5.92 Å². The highest BCUT2D eigenvalue weighted by atomic mass is 16.2. The molecule has 1 saturated heterocycles. The van der Waals surface area contributed by atoms with Crippen molar-refractivity contribution in [3.8, 4) is 0 Å². The molecule has 1 aliphatic heterocycles. The summed E-state index contributed by atoms with van der Waals surface area (Å²) in [5.74, 6) is -0.0249. The summed E-state index contributed by atoms with van der Waals surface area (Å²) in [6.07, 6.45) is 1.26. The van der Waals surface area contributed by atoms with Gasteiger partial charge in [0, 0.05) is 24.3 Å². The highest BCUT2D eigenvalue weighted by Gasteiger charge is 2.35. The Morgan fingerprint density at radius 1 is 1.19 bits per heavy atom. The number of hydrogen-bond acceptors (Lipinski definition) is 2. The molecule has 0 bridgehead atoms. The standard InChI is InChI=1S/C23H28N2O2/c1-5-17(4)20-8-6-7-9-21(20)24-23(27)18-13-22(26)25(14-18)19-11-15(2)10-16(3)12-19/h6-12,17-18H,5,13-14H2,1-4H3,(H,24,27). The molecule has 1 N–H and O–H groups in total. The fourth-order valence-electron chi connectivity index (χ4n) is 3.73. The van der Waals surface area contributed by atoms with Crippen LogP contribution in [0.5, 0.6) is 0 Å². The minimum atomic E-state index is -0.330. The van der Waals surface area contributed by atoms with Gasteiger partial charge in [-0.05, 0) is 61.1 Å². The first-order valence-corrected chi connectivity index (χ1v) is 9.67. The zero-order valence-electron chi connectivity index (χ0n) is 16.6. The van der Waals surface area contributed by atoms with Gasteiger partial charge in [-0.1, -0.05) is 38.1 Å². The van der Waals surface area contributed by atoms with Gasteiger partial charge in [0.2, 0.25) is 11.8 Å². The van der Waals surface area contributed by atoms with Crippen LogP contribution < -0.4 is 10.2 Å². The van der Waals surface area contributed by atoms with Crippen molar-refractivity contribution < 1.29 is 9.59 Å². The second-order valence-corrected chi connectivity index (χ2v) is 7.64. The van der Waals surface area contributed by atoms with E-state index in [2.05, 4.69) is 31.3 Å². The summed E-state index contributed by atoms with van der Waals surface area (Å²) in [5.41, 5.74) is 5.12. The number of benzene rings is 2. The van der Waals surface area contributed by atoms with Gasteiger partial charge in [-0.15, -0.1) is 0 Å². The lowest BCUT2D eigenvalue weighted by molar-refractivity contribution is -0.122. The van der Waals surface area contributed by atoms with Gasteiger partial charge < -0.3 is 10.2 Å². The van der Waals surface area contributed by atoms with E-state index < -0.39 is 0 Å². The molecule has 1 heterocycles. The average molecular weight is 364 g/mol. The molecule has 0 saturated carbocycles. The maximum Gasteiger partial charge on any atom is 0.229 e. The van der Waals surface area contributed by atoms with Crippen LogP contribution in [-0.2, 0) is 9.59 Å². The summed E-state index contributed by atoms with van der Waals surface area (Å²) in [5, 5.41) is 3.07. The first-order valence-electron chi connectivity index (χ1n) is 9.67. The number of carbonyl (C=O) groups excluding carboxylic acids is 2. The number of rotatable bonds is 5. The zero-order valence-corrected chi connectivity index (χ0v) is 16.6. The Morgan fingerprint density at radius 3 is 2.52 bits per heavy atom. The van der Waals surface area contributed by atoms with Crippen LogP contribution in [-0.4, -0.2) is 18.4 Å². The second kappa shape index (κ2) is 7.95. The van der Waals surface area contributed by atoms with Gasteiger partial charge in [0.15, 0.2) is 0 Å². The molecule has 1 aliphatic rings. The smallest absolute Gasteiger partial charge is 0.229 e. The van der Waals surface area contributed by atoms with Crippen LogP contribution in [0.15, 0.2) is 42.5 Å². The van der Waals surface area contributed by atoms with Crippen LogP contribution in [0.4, 0.5) is 11.4 Å². The Bertz CT molecular complexity index is 839. The molecule has 2 aromatic rings. The minimum Gasteiger partial charge on any atom is -0.326 e. The van der Waals surface area contributed by atoms with Gasteiger partial charge in [-0.3, -0.25) is 9.59 Å². The largest absolute Gasteiger partial charge is 0.326 e. The van der Waals surface area contributed by atoms with Crippen molar-refractivity contribution in [3.05, 3.63) is 59.2 Å². The SMILES string of the molecule is CCC(C)c1ccccc1NC(=O)C1CC(=O)N(c2cc(C)cc(C)c2)C1. The summed E-state index contributed by atoms with van der Waals surface area (Å²) < 4.78 is 0. The lowest BCUT2D eigenvalue weighted by atomic mass is 9.96. The predicted molar refractivity (Wildman–Crippen MR) is 110 cm³/mol. The van der Waals surface area contributed by atoms with Crippen LogP contribution in [0, 0.1) is 19.8 Å². The van der Waals surface area contributed by atoms with Crippen molar-refractivity contribution in [2.24, 2.45) is 5.92 Å². The molecule has 3 rings (SSSR count). The third kappa shape index (κ3) is 4.21. The number of para-hydroxylation sites is 1. The molecule has 4 heteroatoms. The molecule has 142 valence electrons. The first kappa shape index (κ1) is 19.2. The number of aryl methyl sites for hydroxylation is 2. The summed E-state index contributed by atoms with van der Waals surface area (Å²) >= 11 is 0. The lowest BCUT2D eigenvalue weighted by Gasteiger charge is -2.19. The number of amides is 2. The predicted octanol–water partition coefficient (Wildman–Crippen LogP) is 4.81. The number of anilines is 2. The van der Waals surface area contributed by atoms with E-state index >= 15 is 0 Å². The normalized spacial score (nSPS) is 17.9. The molecule has 2 unspecified atom stereocenters. The van der Waals surface area contributed by atoms with Crippen molar-refractivity contribution in [1.29, 1.82) is 0 Å². The van der Waals surface area contributed by atoms with E-state index in [0.29, 0.717) is 12.5 Å². The molecule has 2 aromatic carbocycles. The molecule has 1 fully saturated rings. The Hall–Kier alpha value is -2.62. The van der Waals surface area contributed by atoms with Crippen LogP contribution in [0.1, 0.15) is 49.3 Å². The fourth-order valence-corrected chi connectivity index (χ4v) is 3.73. The molecule has 2 amide bonds. The minimum absolute atomic E-state index is 0.00959. The van der Waals surface area contributed by atoms with Gasteiger partial charge in [-0.25, -0.2) is 0 Å². The van der Waals surface area contributed by atoms with E-state index in [4.69, 9.17) is 0 Å². The van der Waals surface area contributed by atoms with E-state index in [-0.39, 0.29) is 24.2 Å². The van der Waals surface area contributed by atoms with E-state index in [1.165, 1.54) is 0 Å². The maximum absolute atomic E-state index is 12.8. The monoisotopic (exact) mass is 364 g/mol. The summed E-state index contributed by atoms with van der Waals surface area (Å²) in [6.45, 7) is 8.77. The van der Waals surface area contributed by atoms with Crippen molar-refractivity contribution >= 4 is 23.2 Å². The molecule has 27 heavy (non-hydrogen) atoms. The summed E-state index contributed by atoms with van der Waals surface area (Å²) in [7, 11) is 0. The van der Waals surface area contributed by atoms with Crippen LogP contribution in [0.3, 0.4) is 0 Å². The highest BCUT2D eigenvalue weighted by molar-refractivity contribution is 6.03. The average Bonchev–Trinajstić information content (AvgIpc) is 3.02. The topological polar surface area (TPSA) is 49.4 Å². The fraction of sp³-hybridized carbons (Fsp3) is 0.391. The summed E-state index contributed by atoms with van der Waals surface area (Å²) in [6, 6.07) is 14.0. The van der Waals surface area contributed by atoms with Crippen LogP contribution in [0.25, 0.3) is 0 Å². The number of nitrogens with one attached hydrogen (secondary N) is 1. The quantitative estimate of drug-likeness (QED) is 0.828.